The highest BCUT2D eigenvalue weighted by Crippen LogP contribution is 2.15. The number of unbranched alkanes of at least 4 members (excludes halogenated alkanes) is 1. The van der Waals surface area contributed by atoms with Crippen LogP contribution in [0.5, 0.6) is 0 Å². The molecule has 0 spiro atoms. The van der Waals surface area contributed by atoms with Gasteiger partial charge in [0.15, 0.2) is 0 Å². The molecule has 0 aromatic carbocycles. The standard InChI is InChI=1S/C15H31N3O.ClH/c1-12(2)14(16)15(19)17-8-4-5-9-18-10-6-13(3)7-11-18;/h12-14H,4-11,16H2,1-3H3,(H,17,19);1H/t14-;/m0./s1. The summed E-state index contributed by atoms with van der Waals surface area (Å²) < 4.78 is 0. The number of hydrogen-bond donors (Lipinski definition) is 2. The van der Waals surface area contributed by atoms with Gasteiger partial charge in [-0.3, -0.25) is 4.79 Å². The Bertz CT molecular complexity index is 266. The van der Waals surface area contributed by atoms with Gasteiger partial charge in [-0.05, 0) is 57.2 Å². The van der Waals surface area contributed by atoms with Gasteiger partial charge in [0.05, 0.1) is 6.04 Å². The summed E-state index contributed by atoms with van der Waals surface area (Å²) in [5, 5.41) is 2.93. The molecule has 0 bridgehead atoms. The Morgan fingerprint density at radius 1 is 1.30 bits per heavy atom. The zero-order valence-corrected chi connectivity index (χ0v) is 14.0. The number of piperidine rings is 1. The summed E-state index contributed by atoms with van der Waals surface area (Å²) in [5.74, 6) is 1.09. The van der Waals surface area contributed by atoms with E-state index < -0.39 is 0 Å². The largest absolute Gasteiger partial charge is 0.355 e. The summed E-state index contributed by atoms with van der Waals surface area (Å²) in [6.07, 6.45) is 4.87. The zero-order valence-electron chi connectivity index (χ0n) is 13.2. The Morgan fingerprint density at radius 2 is 1.90 bits per heavy atom. The molecule has 120 valence electrons. The van der Waals surface area contributed by atoms with Gasteiger partial charge in [-0.2, -0.15) is 0 Å². The van der Waals surface area contributed by atoms with Crippen LogP contribution in [0.15, 0.2) is 0 Å². The second kappa shape index (κ2) is 10.4. The quantitative estimate of drug-likeness (QED) is 0.708. The normalized spacial score (nSPS) is 18.6. The van der Waals surface area contributed by atoms with E-state index in [4.69, 9.17) is 5.73 Å². The number of nitrogens with zero attached hydrogens (tertiary/aromatic N) is 1. The first-order chi connectivity index (χ1) is 9.00. The molecule has 4 nitrogen and oxygen atoms in total. The van der Waals surface area contributed by atoms with Crippen molar-refractivity contribution in [3.8, 4) is 0 Å². The highest BCUT2D eigenvalue weighted by atomic mass is 35.5. The van der Waals surface area contributed by atoms with E-state index in [9.17, 15) is 4.79 Å². The molecule has 0 saturated carbocycles. The van der Waals surface area contributed by atoms with Crippen LogP contribution in [0.2, 0.25) is 0 Å². The molecule has 0 aromatic rings. The van der Waals surface area contributed by atoms with Crippen LogP contribution >= 0.6 is 12.4 Å². The van der Waals surface area contributed by atoms with E-state index in [1.165, 1.54) is 32.5 Å². The van der Waals surface area contributed by atoms with Gasteiger partial charge in [-0.15, -0.1) is 12.4 Å². The van der Waals surface area contributed by atoms with Gasteiger partial charge < -0.3 is 16.0 Å². The second-order valence-corrected chi connectivity index (χ2v) is 6.29. The monoisotopic (exact) mass is 305 g/mol. The lowest BCUT2D eigenvalue weighted by atomic mass is 9.99. The Morgan fingerprint density at radius 3 is 2.45 bits per heavy atom. The predicted molar refractivity (Wildman–Crippen MR) is 87.1 cm³/mol. The third kappa shape index (κ3) is 7.46. The van der Waals surface area contributed by atoms with Crippen LogP contribution < -0.4 is 11.1 Å². The molecule has 0 aliphatic carbocycles. The minimum absolute atomic E-state index is 0. The van der Waals surface area contributed by atoms with Gasteiger partial charge >= 0.3 is 0 Å². The first kappa shape index (κ1) is 19.7. The summed E-state index contributed by atoms with van der Waals surface area (Å²) >= 11 is 0. The van der Waals surface area contributed by atoms with Gasteiger partial charge in [0.1, 0.15) is 0 Å². The lowest BCUT2D eigenvalue weighted by Crippen LogP contribution is -2.44. The number of amides is 1. The van der Waals surface area contributed by atoms with Crippen LogP contribution in [0.25, 0.3) is 0 Å². The Labute approximate surface area is 130 Å². The van der Waals surface area contributed by atoms with Gasteiger partial charge in [-0.1, -0.05) is 20.8 Å². The van der Waals surface area contributed by atoms with Crippen molar-refractivity contribution >= 4 is 18.3 Å². The fourth-order valence-electron chi connectivity index (χ4n) is 2.38. The minimum Gasteiger partial charge on any atom is -0.355 e. The molecule has 1 heterocycles. The maximum Gasteiger partial charge on any atom is 0.237 e. The number of nitrogens with one attached hydrogen (secondary N) is 1. The molecule has 1 amide bonds. The van der Waals surface area contributed by atoms with Crippen molar-refractivity contribution in [1.29, 1.82) is 0 Å². The van der Waals surface area contributed by atoms with E-state index in [1.54, 1.807) is 0 Å². The van der Waals surface area contributed by atoms with Crippen molar-refractivity contribution in [1.82, 2.24) is 10.2 Å². The third-order valence-electron chi connectivity index (χ3n) is 4.10. The number of carbonyl (C=O) groups is 1. The van der Waals surface area contributed by atoms with E-state index in [0.717, 1.165) is 25.3 Å². The Hall–Kier alpha value is -0.320. The van der Waals surface area contributed by atoms with Gasteiger partial charge in [0.2, 0.25) is 5.91 Å². The van der Waals surface area contributed by atoms with Crippen LogP contribution in [-0.4, -0.2) is 43.0 Å². The molecule has 1 saturated heterocycles. The van der Waals surface area contributed by atoms with E-state index in [0.29, 0.717) is 0 Å². The van der Waals surface area contributed by atoms with Crippen molar-refractivity contribution in [2.75, 3.05) is 26.2 Å². The van der Waals surface area contributed by atoms with Crippen molar-refractivity contribution in [3.05, 3.63) is 0 Å². The Balaban J connectivity index is 0.00000361. The first-order valence-corrected chi connectivity index (χ1v) is 7.76. The number of carbonyl (C=O) groups excluding carboxylic acids is 1. The molecule has 0 radical (unpaired) electrons. The fourth-order valence-corrected chi connectivity index (χ4v) is 2.38. The van der Waals surface area contributed by atoms with Crippen LogP contribution in [0.3, 0.4) is 0 Å². The van der Waals surface area contributed by atoms with Crippen molar-refractivity contribution in [2.45, 2.75) is 52.5 Å². The summed E-state index contributed by atoms with van der Waals surface area (Å²) in [4.78, 5) is 14.2. The molecule has 1 aliphatic rings. The van der Waals surface area contributed by atoms with Crippen molar-refractivity contribution < 1.29 is 4.79 Å². The van der Waals surface area contributed by atoms with E-state index in [2.05, 4.69) is 17.1 Å². The number of likely N-dealkylation sites (tertiary alicyclic amines) is 1. The molecule has 1 atom stereocenters. The van der Waals surface area contributed by atoms with E-state index in [-0.39, 0.29) is 30.3 Å². The molecule has 0 unspecified atom stereocenters. The Kier molecular flexibility index (Phi) is 10.2. The SMILES string of the molecule is CC1CCN(CCCCNC(=O)[C@@H](N)C(C)C)CC1.Cl. The second-order valence-electron chi connectivity index (χ2n) is 6.29. The summed E-state index contributed by atoms with van der Waals surface area (Å²) in [7, 11) is 0. The minimum atomic E-state index is -0.372. The first-order valence-electron chi connectivity index (χ1n) is 7.76. The fraction of sp³-hybridized carbons (Fsp3) is 0.933. The van der Waals surface area contributed by atoms with Crippen LogP contribution in [0.4, 0.5) is 0 Å². The highest BCUT2D eigenvalue weighted by Gasteiger charge is 2.17. The van der Waals surface area contributed by atoms with Crippen LogP contribution in [0.1, 0.15) is 46.5 Å². The van der Waals surface area contributed by atoms with E-state index >= 15 is 0 Å². The number of hydrogen-bond acceptors (Lipinski definition) is 3. The summed E-state index contributed by atoms with van der Waals surface area (Å²) in [5.41, 5.74) is 5.78. The molecule has 5 heteroatoms. The molecule has 1 fully saturated rings. The molecular weight excluding hydrogens is 274 g/mol. The van der Waals surface area contributed by atoms with Crippen LogP contribution in [-0.2, 0) is 4.79 Å². The van der Waals surface area contributed by atoms with Gasteiger partial charge in [0, 0.05) is 6.54 Å². The molecule has 1 rings (SSSR count). The smallest absolute Gasteiger partial charge is 0.237 e. The average molecular weight is 306 g/mol. The maximum atomic E-state index is 11.6. The van der Waals surface area contributed by atoms with E-state index in [1.807, 2.05) is 13.8 Å². The topological polar surface area (TPSA) is 58.4 Å². The average Bonchev–Trinajstić information content (AvgIpc) is 2.39. The molecule has 20 heavy (non-hydrogen) atoms. The van der Waals surface area contributed by atoms with Crippen molar-refractivity contribution in [2.24, 2.45) is 17.6 Å². The molecule has 0 aromatic heterocycles. The van der Waals surface area contributed by atoms with Crippen molar-refractivity contribution in [3.63, 3.8) is 0 Å². The number of halogens is 1. The van der Waals surface area contributed by atoms with Gasteiger partial charge in [0.25, 0.3) is 0 Å². The lowest BCUT2D eigenvalue weighted by Gasteiger charge is -2.30. The summed E-state index contributed by atoms with van der Waals surface area (Å²) in [6, 6.07) is -0.372. The van der Waals surface area contributed by atoms with Gasteiger partial charge in [-0.25, -0.2) is 0 Å². The summed E-state index contributed by atoms with van der Waals surface area (Å²) in [6.45, 7) is 10.7. The highest BCUT2D eigenvalue weighted by molar-refractivity contribution is 5.85. The lowest BCUT2D eigenvalue weighted by molar-refractivity contribution is -0.123. The third-order valence-corrected chi connectivity index (χ3v) is 4.10. The molecule has 1 aliphatic heterocycles. The predicted octanol–water partition coefficient (Wildman–Crippen LogP) is 2.02. The molecule has 3 N–H and O–H groups in total. The number of rotatable bonds is 7. The zero-order chi connectivity index (χ0) is 14.3. The number of nitrogens with two attached hydrogens (primary N) is 1. The van der Waals surface area contributed by atoms with Crippen LogP contribution in [0, 0.1) is 11.8 Å². The molecular formula is C15H32ClN3O. The maximum absolute atomic E-state index is 11.6.